The van der Waals surface area contributed by atoms with Gasteiger partial charge in [-0.1, -0.05) is 16.8 Å². The van der Waals surface area contributed by atoms with E-state index in [-0.39, 0.29) is 10.8 Å². The molecule has 1 heterocycles. The van der Waals surface area contributed by atoms with Gasteiger partial charge in [0.2, 0.25) is 0 Å². The van der Waals surface area contributed by atoms with Crippen molar-refractivity contribution in [2.45, 2.75) is 6.36 Å². The maximum atomic E-state index is 12.0. The Hall–Kier alpha value is -1.89. The van der Waals surface area contributed by atoms with Gasteiger partial charge in [-0.2, -0.15) is 0 Å². The number of hydrogen-bond acceptors (Lipinski definition) is 4. The molecule has 0 fully saturated rings. The third-order valence-corrected chi connectivity index (χ3v) is 2.27. The van der Waals surface area contributed by atoms with Crippen LogP contribution < -0.4 is 10.5 Å². The molecule has 0 atom stereocenters. The molecule has 0 spiro atoms. The molecule has 2 rings (SSSR count). The lowest BCUT2D eigenvalue weighted by Gasteiger charge is -2.10. The van der Waals surface area contributed by atoms with Gasteiger partial charge in [0.15, 0.2) is 11.6 Å². The zero-order valence-corrected chi connectivity index (χ0v) is 9.42. The molecular weight excluding hydrogens is 273 g/mol. The van der Waals surface area contributed by atoms with Crippen molar-refractivity contribution in [2.75, 3.05) is 5.73 Å². The summed E-state index contributed by atoms with van der Waals surface area (Å²) in [7, 11) is 0. The Bertz CT molecular complexity index is 568. The first-order chi connectivity index (χ1) is 8.35. The third-order valence-electron chi connectivity index (χ3n) is 1.97. The van der Waals surface area contributed by atoms with Gasteiger partial charge < -0.3 is 15.0 Å². The minimum Gasteiger partial charge on any atom is -0.404 e. The van der Waals surface area contributed by atoms with E-state index >= 15 is 0 Å². The molecule has 0 aliphatic heterocycles. The average Bonchev–Trinajstić information content (AvgIpc) is 2.66. The summed E-state index contributed by atoms with van der Waals surface area (Å²) in [6, 6.07) is 5.13. The summed E-state index contributed by atoms with van der Waals surface area (Å²) in [5.41, 5.74) is 5.80. The van der Waals surface area contributed by atoms with Gasteiger partial charge >= 0.3 is 6.36 Å². The SMILES string of the molecule is Nc1cc(-c2ccc(OC(F)(F)F)c(Cl)c2)on1. The van der Waals surface area contributed by atoms with Gasteiger partial charge in [-0.3, -0.25) is 0 Å². The Morgan fingerprint density at radius 3 is 2.50 bits per heavy atom. The highest BCUT2D eigenvalue weighted by Gasteiger charge is 2.32. The second kappa shape index (κ2) is 4.41. The van der Waals surface area contributed by atoms with Crippen LogP contribution in [0.4, 0.5) is 19.0 Å². The zero-order chi connectivity index (χ0) is 13.3. The smallest absolute Gasteiger partial charge is 0.404 e. The van der Waals surface area contributed by atoms with Crippen LogP contribution >= 0.6 is 11.6 Å². The molecule has 8 heteroatoms. The van der Waals surface area contributed by atoms with Crippen molar-refractivity contribution in [1.29, 1.82) is 0 Å². The van der Waals surface area contributed by atoms with E-state index in [1.807, 2.05) is 0 Å². The predicted molar refractivity (Wildman–Crippen MR) is 58.0 cm³/mol. The van der Waals surface area contributed by atoms with Crippen LogP contribution in [0.15, 0.2) is 28.8 Å². The number of alkyl halides is 3. The first kappa shape index (κ1) is 12.6. The van der Waals surface area contributed by atoms with Crippen molar-refractivity contribution in [1.82, 2.24) is 5.16 Å². The molecule has 0 aliphatic carbocycles. The topological polar surface area (TPSA) is 61.3 Å². The van der Waals surface area contributed by atoms with Crippen molar-refractivity contribution in [2.24, 2.45) is 0 Å². The summed E-state index contributed by atoms with van der Waals surface area (Å²) in [4.78, 5) is 0. The molecule has 18 heavy (non-hydrogen) atoms. The van der Waals surface area contributed by atoms with Crippen LogP contribution in [0.1, 0.15) is 0 Å². The molecule has 1 aromatic carbocycles. The number of benzene rings is 1. The molecule has 0 saturated carbocycles. The lowest BCUT2D eigenvalue weighted by Crippen LogP contribution is -2.17. The zero-order valence-electron chi connectivity index (χ0n) is 8.66. The maximum Gasteiger partial charge on any atom is 0.573 e. The Morgan fingerprint density at radius 1 is 1.28 bits per heavy atom. The number of nitrogens with zero attached hydrogens (tertiary/aromatic N) is 1. The molecule has 0 unspecified atom stereocenters. The number of halogens is 4. The summed E-state index contributed by atoms with van der Waals surface area (Å²) in [6.07, 6.45) is -4.79. The second-order valence-corrected chi connectivity index (χ2v) is 3.72. The van der Waals surface area contributed by atoms with Crippen molar-refractivity contribution < 1.29 is 22.4 Å². The molecule has 0 aliphatic rings. The van der Waals surface area contributed by atoms with Gasteiger partial charge in [-0.15, -0.1) is 13.2 Å². The summed E-state index contributed by atoms with van der Waals surface area (Å²) in [6.45, 7) is 0. The molecular formula is C10H6ClF3N2O2. The van der Waals surface area contributed by atoms with E-state index in [1.165, 1.54) is 18.2 Å². The number of rotatable bonds is 2. The molecule has 2 aromatic rings. The summed E-state index contributed by atoms with van der Waals surface area (Å²) < 4.78 is 44.6. The van der Waals surface area contributed by atoms with Gasteiger partial charge in [-0.05, 0) is 18.2 Å². The van der Waals surface area contributed by atoms with Crippen LogP contribution in [0.2, 0.25) is 5.02 Å². The molecule has 2 N–H and O–H groups in total. The Labute approximate surface area is 104 Å². The van der Waals surface area contributed by atoms with Crippen LogP contribution in [0.5, 0.6) is 5.75 Å². The Balaban J connectivity index is 2.30. The van der Waals surface area contributed by atoms with Crippen LogP contribution in [-0.2, 0) is 0 Å². The largest absolute Gasteiger partial charge is 0.573 e. The molecule has 96 valence electrons. The van der Waals surface area contributed by atoms with E-state index in [9.17, 15) is 13.2 Å². The van der Waals surface area contributed by atoms with E-state index in [0.717, 1.165) is 6.07 Å². The highest BCUT2D eigenvalue weighted by molar-refractivity contribution is 6.32. The minimum absolute atomic E-state index is 0.164. The molecule has 0 radical (unpaired) electrons. The number of nitrogens with two attached hydrogens (primary N) is 1. The Morgan fingerprint density at radius 2 is 2.00 bits per heavy atom. The highest BCUT2D eigenvalue weighted by atomic mass is 35.5. The number of anilines is 1. The molecule has 0 amide bonds. The molecule has 0 saturated heterocycles. The third kappa shape index (κ3) is 2.86. The number of aromatic nitrogens is 1. The molecule has 0 bridgehead atoms. The predicted octanol–water partition coefficient (Wildman–Crippen LogP) is 3.48. The van der Waals surface area contributed by atoms with Gasteiger partial charge in [0.25, 0.3) is 0 Å². The number of nitrogen functional groups attached to an aromatic ring is 1. The lowest BCUT2D eigenvalue weighted by molar-refractivity contribution is -0.274. The van der Waals surface area contributed by atoms with Crippen molar-refractivity contribution in [3.05, 3.63) is 29.3 Å². The van der Waals surface area contributed by atoms with Gasteiger partial charge in [0.05, 0.1) is 5.02 Å². The fourth-order valence-corrected chi connectivity index (χ4v) is 1.51. The van der Waals surface area contributed by atoms with Crippen LogP contribution in [-0.4, -0.2) is 11.5 Å². The molecule has 4 nitrogen and oxygen atoms in total. The van der Waals surface area contributed by atoms with E-state index in [0.29, 0.717) is 11.3 Å². The van der Waals surface area contributed by atoms with E-state index in [2.05, 4.69) is 9.89 Å². The second-order valence-electron chi connectivity index (χ2n) is 3.31. The minimum atomic E-state index is -4.79. The van der Waals surface area contributed by atoms with E-state index in [4.69, 9.17) is 21.9 Å². The summed E-state index contributed by atoms with van der Waals surface area (Å²) in [5.74, 6) is -0.0231. The maximum absolute atomic E-state index is 12.0. The summed E-state index contributed by atoms with van der Waals surface area (Å²) in [5, 5.41) is 3.26. The van der Waals surface area contributed by atoms with Gasteiger partial charge in [-0.25, -0.2) is 0 Å². The average molecular weight is 279 g/mol. The first-order valence-electron chi connectivity index (χ1n) is 4.63. The normalized spacial score (nSPS) is 11.6. The van der Waals surface area contributed by atoms with Crippen molar-refractivity contribution in [3.8, 4) is 17.1 Å². The highest BCUT2D eigenvalue weighted by Crippen LogP contribution is 2.34. The lowest BCUT2D eigenvalue weighted by atomic mass is 10.1. The quantitative estimate of drug-likeness (QED) is 0.913. The summed E-state index contributed by atoms with van der Waals surface area (Å²) >= 11 is 5.67. The first-order valence-corrected chi connectivity index (χ1v) is 5.01. The fraction of sp³-hybridized carbons (Fsp3) is 0.100. The Kier molecular flexibility index (Phi) is 3.08. The van der Waals surface area contributed by atoms with E-state index < -0.39 is 12.1 Å². The standard InChI is InChI=1S/C10H6ClF3N2O2/c11-6-3-5(8-4-9(15)16-18-8)1-2-7(6)17-10(12,13)14/h1-4H,(H2,15,16). The van der Waals surface area contributed by atoms with Gasteiger partial charge in [0, 0.05) is 11.6 Å². The van der Waals surface area contributed by atoms with Crippen LogP contribution in [0.25, 0.3) is 11.3 Å². The fourth-order valence-electron chi connectivity index (χ4n) is 1.29. The molecule has 1 aromatic heterocycles. The van der Waals surface area contributed by atoms with Crippen molar-refractivity contribution in [3.63, 3.8) is 0 Å². The monoisotopic (exact) mass is 278 g/mol. The van der Waals surface area contributed by atoms with Crippen LogP contribution in [0.3, 0.4) is 0 Å². The van der Waals surface area contributed by atoms with Crippen molar-refractivity contribution >= 4 is 17.4 Å². The number of ether oxygens (including phenoxy) is 1. The van der Waals surface area contributed by atoms with Gasteiger partial charge in [0.1, 0.15) is 5.75 Å². The van der Waals surface area contributed by atoms with Crippen LogP contribution in [0, 0.1) is 0 Å². The number of hydrogen-bond donors (Lipinski definition) is 1. The van der Waals surface area contributed by atoms with E-state index in [1.54, 1.807) is 0 Å².